The van der Waals surface area contributed by atoms with Crippen LogP contribution in [0.2, 0.25) is 5.02 Å². The number of aliphatic hydroxyl groups is 1. The van der Waals surface area contributed by atoms with E-state index in [0.717, 1.165) is 24.3 Å². The van der Waals surface area contributed by atoms with Crippen molar-refractivity contribution in [2.24, 2.45) is 0 Å². The molecule has 36 heavy (non-hydrogen) atoms. The first-order chi connectivity index (χ1) is 17.3. The second kappa shape index (κ2) is 8.17. The van der Waals surface area contributed by atoms with Gasteiger partial charge in [0.2, 0.25) is 5.60 Å². The third kappa shape index (κ3) is 3.66. The Bertz CT molecular complexity index is 1490. The van der Waals surface area contributed by atoms with E-state index in [1.807, 2.05) is 0 Å². The first-order valence-electron chi connectivity index (χ1n) is 10.9. The van der Waals surface area contributed by atoms with Gasteiger partial charge in [0.25, 0.3) is 5.91 Å². The average Bonchev–Trinajstić information content (AvgIpc) is 3.28. The Balaban J connectivity index is 1.58. The number of hydrogen-bond donors (Lipinski definition) is 3. The molecule has 0 saturated heterocycles. The van der Waals surface area contributed by atoms with Crippen molar-refractivity contribution in [3.8, 4) is 0 Å². The van der Waals surface area contributed by atoms with Crippen LogP contribution in [0.4, 0.5) is 38.1 Å². The zero-order chi connectivity index (χ0) is 26.9. The molecule has 3 amide bonds. The van der Waals surface area contributed by atoms with Crippen LogP contribution in [0.1, 0.15) is 34.4 Å². The molecule has 6 nitrogen and oxygen atoms in total. The summed E-state index contributed by atoms with van der Waals surface area (Å²) in [7, 11) is 0. The maximum Gasteiger partial charge on any atom is 0.423 e. The molecule has 0 aromatic heterocycles. The number of anilines is 2. The van der Waals surface area contributed by atoms with Crippen molar-refractivity contribution in [2.45, 2.75) is 17.8 Å². The fraction of sp³-hybridized carbons (Fsp3) is 0.167. The normalized spacial score (nSPS) is 23.1. The van der Waals surface area contributed by atoms with Gasteiger partial charge in [-0.3, -0.25) is 9.69 Å². The Kier molecular flexibility index (Phi) is 5.16. The van der Waals surface area contributed by atoms with Gasteiger partial charge in [-0.2, -0.15) is 13.2 Å². The van der Waals surface area contributed by atoms with Crippen LogP contribution in [-0.2, 0) is 5.60 Å². The molecule has 0 fully saturated rings. The maximum atomic E-state index is 14.0. The maximum absolute atomic E-state index is 14.0. The van der Waals surface area contributed by atoms with Crippen molar-refractivity contribution in [3.63, 3.8) is 0 Å². The highest BCUT2D eigenvalue weighted by molar-refractivity contribution is 6.31. The van der Waals surface area contributed by atoms with Gasteiger partial charge in [-0.1, -0.05) is 17.7 Å². The van der Waals surface area contributed by atoms with Crippen molar-refractivity contribution in [1.29, 1.82) is 0 Å². The number of carbonyl (C=O) groups excluding carboxylic acids is 2. The van der Waals surface area contributed by atoms with Crippen LogP contribution in [0.3, 0.4) is 0 Å². The molecule has 2 unspecified atom stereocenters. The molecule has 0 spiro atoms. The van der Waals surface area contributed by atoms with Crippen LogP contribution < -0.4 is 15.5 Å². The summed E-state index contributed by atoms with van der Waals surface area (Å²) in [6, 6.07) is 6.14. The van der Waals surface area contributed by atoms with Crippen LogP contribution in [0.15, 0.2) is 54.6 Å². The molecule has 2 aliphatic heterocycles. The summed E-state index contributed by atoms with van der Waals surface area (Å²) in [4.78, 5) is 26.4. The highest BCUT2D eigenvalue weighted by Crippen LogP contribution is 2.49. The van der Waals surface area contributed by atoms with Crippen molar-refractivity contribution < 1.29 is 38.0 Å². The van der Waals surface area contributed by atoms with Gasteiger partial charge in [-0.15, -0.1) is 0 Å². The number of β-amino-alcohol motifs (C(OH)–C–C–N with tert-alkyl or cyclic N) is 1. The minimum atomic E-state index is -5.24. The van der Waals surface area contributed by atoms with E-state index in [9.17, 15) is 36.6 Å². The SMILES string of the molecule is [2H]C1(c2cc(F)ccc2Cl)NC(=O)c2cccc(NC(=O)N3CC(O)(C(F)(F)F)c4cc(F)ccc43)c21. The fourth-order valence-corrected chi connectivity index (χ4v) is 4.54. The van der Waals surface area contributed by atoms with E-state index in [1.54, 1.807) is 0 Å². The van der Waals surface area contributed by atoms with Crippen LogP contribution in [0.5, 0.6) is 0 Å². The zero-order valence-corrected chi connectivity index (χ0v) is 18.6. The lowest BCUT2D eigenvalue weighted by Crippen LogP contribution is -2.48. The molecular weight excluding hydrogens is 509 g/mol. The Morgan fingerprint density at radius 2 is 1.86 bits per heavy atom. The Morgan fingerprint density at radius 3 is 2.58 bits per heavy atom. The summed E-state index contributed by atoms with van der Waals surface area (Å²) in [5.74, 6) is -2.52. The second-order valence-corrected chi connectivity index (χ2v) is 8.62. The highest BCUT2D eigenvalue weighted by Gasteiger charge is 2.61. The van der Waals surface area contributed by atoms with Crippen molar-refractivity contribution in [1.82, 2.24) is 5.32 Å². The van der Waals surface area contributed by atoms with Crippen molar-refractivity contribution in [3.05, 3.63) is 93.5 Å². The predicted molar refractivity (Wildman–Crippen MR) is 120 cm³/mol. The number of hydrogen-bond acceptors (Lipinski definition) is 3. The number of amides is 3. The number of rotatable bonds is 2. The molecule has 12 heteroatoms. The van der Waals surface area contributed by atoms with Gasteiger partial charge in [-0.25, -0.2) is 13.6 Å². The molecule has 2 atom stereocenters. The van der Waals surface area contributed by atoms with Gasteiger partial charge in [0, 0.05) is 33.0 Å². The van der Waals surface area contributed by atoms with E-state index in [-0.39, 0.29) is 33.1 Å². The number of carbonyl (C=O) groups is 2. The molecule has 2 heterocycles. The Labute approximate surface area is 206 Å². The Hall–Kier alpha value is -3.70. The number of halogens is 6. The number of nitrogens with one attached hydrogen (secondary N) is 2. The Morgan fingerprint density at radius 1 is 1.17 bits per heavy atom. The van der Waals surface area contributed by atoms with Crippen LogP contribution in [0, 0.1) is 11.6 Å². The largest absolute Gasteiger partial charge is 0.423 e. The lowest BCUT2D eigenvalue weighted by molar-refractivity contribution is -0.258. The molecule has 3 aromatic carbocycles. The molecule has 186 valence electrons. The molecule has 0 saturated carbocycles. The molecule has 0 aliphatic carbocycles. The molecule has 3 aromatic rings. The predicted octanol–water partition coefficient (Wildman–Crippen LogP) is 5.25. The smallest absolute Gasteiger partial charge is 0.375 e. The van der Waals surface area contributed by atoms with Gasteiger partial charge >= 0.3 is 12.2 Å². The molecular formula is C24H15ClF5N3O3. The minimum Gasteiger partial charge on any atom is -0.375 e. The van der Waals surface area contributed by atoms with E-state index in [1.165, 1.54) is 24.3 Å². The monoisotopic (exact) mass is 524 g/mol. The van der Waals surface area contributed by atoms with E-state index in [4.69, 9.17) is 13.0 Å². The van der Waals surface area contributed by atoms with Gasteiger partial charge in [0.15, 0.2) is 0 Å². The first-order valence-corrected chi connectivity index (χ1v) is 10.7. The summed E-state index contributed by atoms with van der Waals surface area (Å²) in [6.07, 6.45) is -5.24. The number of alkyl halides is 3. The lowest BCUT2D eigenvalue weighted by atomic mass is 9.95. The summed E-state index contributed by atoms with van der Waals surface area (Å²) in [5.41, 5.74) is -5.22. The van der Waals surface area contributed by atoms with Gasteiger partial charge in [0.1, 0.15) is 11.6 Å². The van der Waals surface area contributed by atoms with E-state index in [0.29, 0.717) is 11.0 Å². The second-order valence-electron chi connectivity index (χ2n) is 8.22. The van der Waals surface area contributed by atoms with E-state index >= 15 is 0 Å². The third-order valence-corrected chi connectivity index (χ3v) is 6.36. The third-order valence-electron chi connectivity index (χ3n) is 6.03. The molecule has 2 aliphatic rings. The average molecular weight is 525 g/mol. The van der Waals surface area contributed by atoms with Crippen molar-refractivity contribution >= 4 is 34.9 Å². The van der Waals surface area contributed by atoms with E-state index < -0.39 is 53.5 Å². The standard InChI is InChI=1S/C24H15ClF5N3O3/c25-16-6-4-11(26)8-14(16)20-19-13(21(34)32-20)2-1-3-17(19)31-22(35)33-10-23(36,24(28,29)30)15-9-12(27)5-7-18(15)33/h1-9,20,36H,10H2,(H,31,35)(H,32,34)/i20D. The lowest BCUT2D eigenvalue weighted by Gasteiger charge is -2.27. The quantitative estimate of drug-likeness (QED) is 0.400. The first kappa shape index (κ1) is 22.7. The number of urea groups is 1. The van der Waals surface area contributed by atoms with Gasteiger partial charge < -0.3 is 15.7 Å². The van der Waals surface area contributed by atoms with Gasteiger partial charge in [-0.05, 0) is 48.5 Å². The summed E-state index contributed by atoms with van der Waals surface area (Å²) < 4.78 is 78.0. The number of fused-ring (bicyclic) bond motifs is 2. The number of nitrogens with zero attached hydrogens (tertiary/aromatic N) is 1. The fourth-order valence-electron chi connectivity index (χ4n) is 4.33. The molecule has 5 rings (SSSR count). The van der Waals surface area contributed by atoms with Gasteiger partial charge in [0.05, 0.1) is 19.6 Å². The minimum absolute atomic E-state index is 0.0520. The topological polar surface area (TPSA) is 81.7 Å². The summed E-state index contributed by atoms with van der Waals surface area (Å²) in [5, 5.41) is 15.1. The van der Waals surface area contributed by atoms with Crippen LogP contribution in [0.25, 0.3) is 0 Å². The molecule has 3 N–H and O–H groups in total. The van der Waals surface area contributed by atoms with Crippen LogP contribution >= 0.6 is 11.6 Å². The number of benzene rings is 3. The summed E-state index contributed by atoms with van der Waals surface area (Å²) in [6.45, 7) is -1.27. The summed E-state index contributed by atoms with van der Waals surface area (Å²) >= 11 is 6.19. The van der Waals surface area contributed by atoms with Crippen molar-refractivity contribution in [2.75, 3.05) is 16.8 Å². The highest BCUT2D eigenvalue weighted by atomic mass is 35.5. The molecule has 0 radical (unpaired) electrons. The zero-order valence-electron chi connectivity index (χ0n) is 18.9. The molecule has 0 bridgehead atoms. The van der Waals surface area contributed by atoms with E-state index in [2.05, 4.69) is 10.6 Å². The van der Waals surface area contributed by atoms with Crippen LogP contribution in [-0.4, -0.2) is 29.8 Å².